The number of carbonyl (C=O) groups is 2. The van der Waals surface area contributed by atoms with E-state index in [-0.39, 0.29) is 0 Å². The van der Waals surface area contributed by atoms with Crippen LogP contribution in [0.2, 0.25) is 0 Å². The smallest absolute Gasteiger partial charge is 0.303 e. The second-order valence-electron chi connectivity index (χ2n) is 7.24. The Hall–Kier alpha value is -1.06. The number of carboxylic acid groups (broad SMARTS) is 2. The molecule has 0 saturated heterocycles. The maximum absolute atomic E-state index is 10.1. The van der Waals surface area contributed by atoms with Crippen molar-refractivity contribution in [1.29, 1.82) is 0 Å². The summed E-state index contributed by atoms with van der Waals surface area (Å²) in [6.07, 6.45) is 18.5. The summed E-state index contributed by atoms with van der Waals surface area (Å²) < 4.78 is 0. The Morgan fingerprint density at radius 3 is 0.926 bits per heavy atom. The Balaban J connectivity index is -0.000000372. The van der Waals surface area contributed by atoms with Gasteiger partial charge >= 0.3 is 11.9 Å². The van der Waals surface area contributed by atoms with E-state index < -0.39 is 11.9 Å². The predicted octanol–water partition coefficient (Wildman–Crippen LogP) is 7.84. The van der Waals surface area contributed by atoms with Gasteiger partial charge in [0.2, 0.25) is 0 Å². The standard InChI is InChI=1S/2C10H20O2.C3H8/c2*1-2-3-4-5-6-7-8-9-10(11)12;1-3-2/h2*2-9H2,1H3,(H,11,12);3H2,1-2H3. The normalized spacial score (nSPS) is 9.63. The van der Waals surface area contributed by atoms with Crippen LogP contribution >= 0.6 is 0 Å². The van der Waals surface area contributed by atoms with Crippen LogP contribution < -0.4 is 0 Å². The summed E-state index contributed by atoms with van der Waals surface area (Å²) in [5.74, 6) is -1.33. The van der Waals surface area contributed by atoms with Gasteiger partial charge in [-0.3, -0.25) is 9.59 Å². The van der Waals surface area contributed by atoms with Gasteiger partial charge in [0, 0.05) is 12.8 Å². The van der Waals surface area contributed by atoms with Crippen molar-refractivity contribution < 1.29 is 19.8 Å². The number of rotatable bonds is 16. The number of aliphatic carboxylic acids is 2. The average Bonchev–Trinajstić information content (AvgIpc) is 2.61. The first kappa shape index (κ1) is 30.7. The largest absolute Gasteiger partial charge is 0.481 e. The van der Waals surface area contributed by atoms with Crippen LogP contribution in [0.15, 0.2) is 0 Å². The molecule has 0 radical (unpaired) electrons. The molecule has 0 aromatic rings. The highest BCUT2D eigenvalue weighted by Crippen LogP contribution is 2.08. The number of hydrogen-bond donors (Lipinski definition) is 2. The molecular formula is C23H48O4. The fourth-order valence-electron chi connectivity index (χ4n) is 2.47. The molecule has 0 fully saturated rings. The van der Waals surface area contributed by atoms with Crippen LogP contribution in [0, 0.1) is 0 Å². The lowest BCUT2D eigenvalue weighted by Crippen LogP contribution is -1.93. The fourth-order valence-corrected chi connectivity index (χ4v) is 2.47. The first-order chi connectivity index (χ1) is 13.0. The average molecular weight is 389 g/mol. The molecule has 0 rings (SSSR count). The van der Waals surface area contributed by atoms with Gasteiger partial charge < -0.3 is 10.2 Å². The first-order valence-corrected chi connectivity index (χ1v) is 11.4. The lowest BCUT2D eigenvalue weighted by molar-refractivity contribution is -0.138. The highest BCUT2D eigenvalue weighted by Gasteiger charge is 1.96. The third-order valence-electron chi connectivity index (χ3n) is 3.99. The zero-order chi connectivity index (χ0) is 21.2. The highest BCUT2D eigenvalue weighted by atomic mass is 16.4. The fraction of sp³-hybridized carbons (Fsp3) is 0.913. The summed E-state index contributed by atoms with van der Waals surface area (Å²) in [7, 11) is 0. The maximum atomic E-state index is 10.1. The summed E-state index contributed by atoms with van der Waals surface area (Å²) >= 11 is 0. The zero-order valence-corrected chi connectivity index (χ0v) is 18.7. The molecule has 0 aromatic heterocycles. The molecule has 0 aliphatic heterocycles. The third kappa shape index (κ3) is 45.7. The third-order valence-corrected chi connectivity index (χ3v) is 3.99. The molecule has 0 unspecified atom stereocenters. The molecule has 0 heterocycles. The minimum Gasteiger partial charge on any atom is -0.481 e. The minimum absolute atomic E-state index is 0.341. The van der Waals surface area contributed by atoms with E-state index in [1.807, 2.05) is 0 Å². The van der Waals surface area contributed by atoms with Crippen LogP contribution in [0.3, 0.4) is 0 Å². The van der Waals surface area contributed by atoms with Crippen molar-refractivity contribution in [1.82, 2.24) is 0 Å². The molecule has 2 N–H and O–H groups in total. The van der Waals surface area contributed by atoms with Crippen molar-refractivity contribution >= 4 is 11.9 Å². The van der Waals surface area contributed by atoms with E-state index in [2.05, 4.69) is 27.7 Å². The van der Waals surface area contributed by atoms with Gasteiger partial charge in [-0.2, -0.15) is 0 Å². The molecule has 0 aliphatic rings. The molecule has 0 saturated carbocycles. The molecule has 0 atom stereocenters. The summed E-state index contributed by atoms with van der Waals surface area (Å²) in [6, 6.07) is 0. The van der Waals surface area contributed by atoms with Gasteiger partial charge in [-0.15, -0.1) is 0 Å². The molecule has 0 aromatic carbocycles. The monoisotopic (exact) mass is 388 g/mol. The van der Waals surface area contributed by atoms with E-state index in [0.29, 0.717) is 12.8 Å². The quantitative estimate of drug-likeness (QED) is 0.264. The van der Waals surface area contributed by atoms with Crippen molar-refractivity contribution in [2.45, 2.75) is 137 Å². The summed E-state index contributed by atoms with van der Waals surface area (Å²) in [6.45, 7) is 8.65. The van der Waals surface area contributed by atoms with Gasteiger partial charge in [0.15, 0.2) is 0 Å². The Bertz CT molecular complexity index is 262. The van der Waals surface area contributed by atoms with Crippen molar-refractivity contribution in [2.24, 2.45) is 0 Å². The van der Waals surface area contributed by atoms with Crippen molar-refractivity contribution in [3.8, 4) is 0 Å². The highest BCUT2D eigenvalue weighted by molar-refractivity contribution is 5.66. The zero-order valence-electron chi connectivity index (χ0n) is 18.7. The van der Waals surface area contributed by atoms with E-state index in [9.17, 15) is 9.59 Å². The van der Waals surface area contributed by atoms with E-state index in [1.165, 1.54) is 70.6 Å². The van der Waals surface area contributed by atoms with Crippen LogP contribution in [0.5, 0.6) is 0 Å². The van der Waals surface area contributed by atoms with Crippen LogP contribution in [0.4, 0.5) is 0 Å². The molecule has 0 spiro atoms. The summed E-state index contributed by atoms with van der Waals surface area (Å²) in [5.41, 5.74) is 0. The van der Waals surface area contributed by atoms with Crippen LogP contribution in [-0.2, 0) is 9.59 Å². The van der Waals surface area contributed by atoms with Crippen LogP contribution in [-0.4, -0.2) is 22.2 Å². The van der Waals surface area contributed by atoms with Gasteiger partial charge in [-0.05, 0) is 12.8 Å². The molecule has 27 heavy (non-hydrogen) atoms. The van der Waals surface area contributed by atoms with Gasteiger partial charge in [-0.25, -0.2) is 0 Å². The molecule has 4 heteroatoms. The van der Waals surface area contributed by atoms with Gasteiger partial charge in [-0.1, -0.05) is 111 Å². The Kier molecular flexibility index (Phi) is 33.7. The second kappa shape index (κ2) is 29.7. The number of unbranched alkanes of at least 4 members (excludes halogenated alkanes) is 12. The Morgan fingerprint density at radius 1 is 0.481 bits per heavy atom. The molecule has 0 bridgehead atoms. The SMILES string of the molecule is CCC.CCCCCCCCCC(=O)O.CCCCCCCCCC(=O)O. The van der Waals surface area contributed by atoms with E-state index in [0.717, 1.165) is 25.7 Å². The minimum atomic E-state index is -0.663. The Labute approximate surface area is 169 Å². The Morgan fingerprint density at radius 2 is 0.704 bits per heavy atom. The van der Waals surface area contributed by atoms with E-state index in [4.69, 9.17) is 10.2 Å². The second-order valence-corrected chi connectivity index (χ2v) is 7.24. The molecule has 0 amide bonds. The van der Waals surface area contributed by atoms with Crippen LogP contribution in [0.1, 0.15) is 137 Å². The van der Waals surface area contributed by atoms with Crippen LogP contribution in [0.25, 0.3) is 0 Å². The molecule has 164 valence electrons. The van der Waals surface area contributed by atoms with Gasteiger partial charge in [0.25, 0.3) is 0 Å². The van der Waals surface area contributed by atoms with E-state index in [1.54, 1.807) is 0 Å². The topological polar surface area (TPSA) is 74.6 Å². The number of carboxylic acids is 2. The molecule has 4 nitrogen and oxygen atoms in total. The van der Waals surface area contributed by atoms with Crippen molar-refractivity contribution in [3.05, 3.63) is 0 Å². The summed E-state index contributed by atoms with van der Waals surface area (Å²) in [5, 5.41) is 16.7. The van der Waals surface area contributed by atoms with Gasteiger partial charge in [0.05, 0.1) is 0 Å². The summed E-state index contributed by atoms with van der Waals surface area (Å²) in [4.78, 5) is 20.3. The number of hydrogen-bond acceptors (Lipinski definition) is 2. The molecule has 0 aliphatic carbocycles. The lowest BCUT2D eigenvalue weighted by Gasteiger charge is -1.98. The first-order valence-electron chi connectivity index (χ1n) is 11.4. The molecular weight excluding hydrogens is 340 g/mol. The predicted molar refractivity (Wildman–Crippen MR) is 116 cm³/mol. The van der Waals surface area contributed by atoms with Crippen molar-refractivity contribution in [3.63, 3.8) is 0 Å². The lowest BCUT2D eigenvalue weighted by atomic mass is 10.1. The van der Waals surface area contributed by atoms with Crippen molar-refractivity contribution in [2.75, 3.05) is 0 Å². The van der Waals surface area contributed by atoms with E-state index >= 15 is 0 Å². The van der Waals surface area contributed by atoms with Gasteiger partial charge in [0.1, 0.15) is 0 Å². The maximum Gasteiger partial charge on any atom is 0.303 e.